The fraction of sp³-hybridized carbons (Fsp3) is 0.417. The molecule has 0 amide bonds. The van der Waals surface area contributed by atoms with Crippen LogP contribution in [0.1, 0.15) is 22.3 Å². The van der Waals surface area contributed by atoms with Crippen molar-refractivity contribution < 1.29 is 18.3 Å². The second-order valence-corrected chi connectivity index (χ2v) is 6.70. The van der Waals surface area contributed by atoms with Gasteiger partial charge in [0.25, 0.3) is 0 Å². The maximum atomic E-state index is 11.3. The van der Waals surface area contributed by atoms with Crippen LogP contribution in [0.15, 0.2) is 24.3 Å². The Kier molecular flexibility index (Phi) is 3.19. The molecule has 0 aromatic heterocycles. The van der Waals surface area contributed by atoms with Crippen LogP contribution in [-0.2, 0) is 16.3 Å². The average Bonchev–Trinajstić information content (AvgIpc) is 2.59. The topological polar surface area (TPSA) is 71.4 Å². The van der Waals surface area contributed by atoms with Gasteiger partial charge in [0.1, 0.15) is 0 Å². The van der Waals surface area contributed by atoms with Gasteiger partial charge in [-0.1, -0.05) is 12.1 Å². The fourth-order valence-corrected chi connectivity index (χ4v) is 4.01. The van der Waals surface area contributed by atoms with E-state index in [4.69, 9.17) is 5.11 Å². The van der Waals surface area contributed by atoms with Gasteiger partial charge in [-0.3, -0.25) is 0 Å². The lowest BCUT2D eigenvalue weighted by molar-refractivity contribution is 0.0697. The summed E-state index contributed by atoms with van der Waals surface area (Å²) in [4.78, 5) is 10.7. The van der Waals surface area contributed by atoms with Crippen molar-refractivity contribution in [1.29, 1.82) is 0 Å². The largest absolute Gasteiger partial charge is 0.478 e. The van der Waals surface area contributed by atoms with Gasteiger partial charge in [0.15, 0.2) is 9.84 Å². The number of carboxylic acid groups (broad SMARTS) is 1. The molecule has 0 spiro atoms. The predicted molar refractivity (Wildman–Crippen MR) is 63.9 cm³/mol. The lowest BCUT2D eigenvalue weighted by Gasteiger charge is -2.07. The third-order valence-electron chi connectivity index (χ3n) is 3.05. The summed E-state index contributed by atoms with van der Waals surface area (Å²) in [6.07, 6.45) is 1.42. The molecule has 1 saturated heterocycles. The van der Waals surface area contributed by atoms with Gasteiger partial charge in [0, 0.05) is 0 Å². The monoisotopic (exact) mass is 254 g/mol. The number of rotatable bonds is 3. The van der Waals surface area contributed by atoms with Crippen molar-refractivity contribution in [2.24, 2.45) is 5.92 Å². The zero-order chi connectivity index (χ0) is 12.5. The molecule has 1 aromatic carbocycles. The van der Waals surface area contributed by atoms with Crippen LogP contribution in [0.25, 0.3) is 0 Å². The van der Waals surface area contributed by atoms with Crippen LogP contribution in [0.4, 0.5) is 0 Å². The molecule has 2 rings (SSSR count). The summed E-state index contributed by atoms with van der Waals surface area (Å²) in [5.41, 5.74) is 1.25. The maximum Gasteiger partial charge on any atom is 0.335 e. The maximum absolute atomic E-state index is 11.3. The highest BCUT2D eigenvalue weighted by Gasteiger charge is 2.27. The SMILES string of the molecule is O=C(O)c1ccc(CC2CCS(=O)(=O)C2)cc1. The third-order valence-corrected chi connectivity index (χ3v) is 4.89. The highest BCUT2D eigenvalue weighted by Crippen LogP contribution is 2.22. The molecule has 5 heteroatoms. The zero-order valence-electron chi connectivity index (χ0n) is 9.30. The van der Waals surface area contributed by atoms with Crippen LogP contribution in [0, 0.1) is 5.92 Å². The Morgan fingerprint density at radius 1 is 1.29 bits per heavy atom. The van der Waals surface area contributed by atoms with E-state index in [1.807, 2.05) is 0 Å². The van der Waals surface area contributed by atoms with Gasteiger partial charge in [-0.05, 0) is 36.5 Å². The van der Waals surface area contributed by atoms with Crippen LogP contribution in [0.3, 0.4) is 0 Å². The number of aromatic carboxylic acids is 1. The Bertz CT molecular complexity index is 516. The molecule has 0 aliphatic carbocycles. The molecule has 1 atom stereocenters. The van der Waals surface area contributed by atoms with Gasteiger partial charge in [0.05, 0.1) is 17.1 Å². The molecule has 1 fully saturated rings. The Labute approximate surface area is 100 Å². The summed E-state index contributed by atoms with van der Waals surface area (Å²) in [7, 11) is -2.83. The minimum absolute atomic E-state index is 0.177. The standard InChI is InChI=1S/C12H14O4S/c13-12(14)11-3-1-9(2-4-11)7-10-5-6-17(15,16)8-10/h1-4,10H,5-8H2,(H,13,14). The number of benzene rings is 1. The van der Waals surface area contributed by atoms with Gasteiger partial charge >= 0.3 is 5.97 Å². The predicted octanol–water partition coefficient (Wildman–Crippen LogP) is 1.36. The van der Waals surface area contributed by atoms with Crippen molar-refractivity contribution in [1.82, 2.24) is 0 Å². The number of hydrogen-bond donors (Lipinski definition) is 1. The van der Waals surface area contributed by atoms with Gasteiger partial charge in [-0.25, -0.2) is 13.2 Å². The van der Waals surface area contributed by atoms with E-state index in [0.717, 1.165) is 5.56 Å². The molecule has 1 unspecified atom stereocenters. The van der Waals surface area contributed by atoms with Gasteiger partial charge in [-0.2, -0.15) is 0 Å². The van der Waals surface area contributed by atoms with Crippen molar-refractivity contribution in [3.8, 4) is 0 Å². The molecule has 0 radical (unpaired) electrons. The van der Waals surface area contributed by atoms with Crippen LogP contribution >= 0.6 is 0 Å². The minimum atomic E-state index is -2.83. The number of sulfone groups is 1. The van der Waals surface area contributed by atoms with E-state index in [0.29, 0.717) is 12.8 Å². The highest BCUT2D eigenvalue weighted by atomic mass is 32.2. The van der Waals surface area contributed by atoms with Crippen molar-refractivity contribution in [2.45, 2.75) is 12.8 Å². The Hall–Kier alpha value is -1.36. The second kappa shape index (κ2) is 4.49. The first-order chi connectivity index (χ1) is 7.96. The second-order valence-electron chi connectivity index (χ2n) is 4.48. The molecule has 1 aromatic rings. The van der Waals surface area contributed by atoms with Gasteiger partial charge < -0.3 is 5.11 Å². The molecule has 1 aliphatic heterocycles. The van der Waals surface area contributed by atoms with Crippen molar-refractivity contribution in [2.75, 3.05) is 11.5 Å². The zero-order valence-corrected chi connectivity index (χ0v) is 10.1. The van der Waals surface area contributed by atoms with E-state index in [-0.39, 0.29) is 23.0 Å². The van der Waals surface area contributed by atoms with Gasteiger partial charge in [0.2, 0.25) is 0 Å². The third kappa shape index (κ3) is 3.06. The Morgan fingerprint density at radius 2 is 1.94 bits per heavy atom. The summed E-state index contributed by atoms with van der Waals surface area (Å²) in [6, 6.07) is 6.63. The first-order valence-electron chi connectivity index (χ1n) is 5.49. The van der Waals surface area contributed by atoms with Crippen LogP contribution < -0.4 is 0 Å². The van der Waals surface area contributed by atoms with Crippen LogP contribution in [0.5, 0.6) is 0 Å². The van der Waals surface area contributed by atoms with E-state index in [1.54, 1.807) is 24.3 Å². The molecule has 1 heterocycles. The number of carbonyl (C=O) groups is 1. The fourth-order valence-electron chi connectivity index (χ4n) is 2.15. The smallest absolute Gasteiger partial charge is 0.335 e. The summed E-state index contributed by atoms with van der Waals surface area (Å²) in [5, 5.41) is 8.75. The first-order valence-corrected chi connectivity index (χ1v) is 7.31. The summed E-state index contributed by atoms with van der Waals surface area (Å²) in [5.74, 6) is -0.228. The van der Waals surface area contributed by atoms with E-state index in [1.165, 1.54) is 0 Å². The molecule has 1 aliphatic rings. The molecule has 0 saturated carbocycles. The molecule has 0 bridgehead atoms. The summed E-state index contributed by atoms with van der Waals surface area (Å²) >= 11 is 0. The average molecular weight is 254 g/mol. The van der Waals surface area contributed by atoms with E-state index in [9.17, 15) is 13.2 Å². The quantitative estimate of drug-likeness (QED) is 0.884. The van der Waals surface area contributed by atoms with Crippen molar-refractivity contribution in [3.63, 3.8) is 0 Å². The van der Waals surface area contributed by atoms with Gasteiger partial charge in [-0.15, -0.1) is 0 Å². The Balaban J connectivity index is 2.03. The van der Waals surface area contributed by atoms with E-state index < -0.39 is 15.8 Å². The molecular formula is C12H14O4S. The van der Waals surface area contributed by atoms with E-state index >= 15 is 0 Å². The Morgan fingerprint density at radius 3 is 2.41 bits per heavy atom. The van der Waals surface area contributed by atoms with Crippen LogP contribution in [-0.4, -0.2) is 31.0 Å². The van der Waals surface area contributed by atoms with E-state index in [2.05, 4.69) is 0 Å². The molecule has 17 heavy (non-hydrogen) atoms. The first kappa shape index (κ1) is 12.1. The lowest BCUT2D eigenvalue weighted by Crippen LogP contribution is -2.07. The number of hydrogen-bond acceptors (Lipinski definition) is 3. The van der Waals surface area contributed by atoms with Crippen LogP contribution in [0.2, 0.25) is 0 Å². The molecule has 1 N–H and O–H groups in total. The van der Waals surface area contributed by atoms with Crippen molar-refractivity contribution >= 4 is 15.8 Å². The number of carboxylic acids is 1. The normalized spacial score (nSPS) is 22.5. The lowest BCUT2D eigenvalue weighted by atomic mass is 9.98. The summed E-state index contributed by atoms with van der Waals surface area (Å²) < 4.78 is 22.6. The molecule has 92 valence electrons. The molecule has 4 nitrogen and oxygen atoms in total. The molecular weight excluding hydrogens is 240 g/mol. The van der Waals surface area contributed by atoms with Crippen molar-refractivity contribution in [3.05, 3.63) is 35.4 Å². The minimum Gasteiger partial charge on any atom is -0.478 e. The summed E-state index contributed by atoms with van der Waals surface area (Å²) in [6.45, 7) is 0. The highest BCUT2D eigenvalue weighted by molar-refractivity contribution is 7.91.